The van der Waals surface area contributed by atoms with E-state index in [-0.39, 0.29) is 58.9 Å². The predicted molar refractivity (Wildman–Crippen MR) is 94.3 cm³/mol. The molecule has 0 saturated heterocycles. The van der Waals surface area contributed by atoms with Crippen molar-refractivity contribution in [3.8, 4) is 0 Å². The zero-order valence-electron chi connectivity index (χ0n) is 16.2. The number of hydrogen-bond acceptors (Lipinski definition) is 8. The van der Waals surface area contributed by atoms with Crippen LogP contribution in [0.5, 0.6) is 0 Å². The van der Waals surface area contributed by atoms with E-state index in [0.29, 0.717) is 0 Å². The van der Waals surface area contributed by atoms with E-state index in [4.69, 9.17) is 34.9 Å². The molecule has 0 rings (SSSR count). The fourth-order valence-electron chi connectivity index (χ4n) is 1.82. The first-order chi connectivity index (χ1) is 12.4. The predicted octanol–water partition coefficient (Wildman–Crippen LogP) is 0.415. The lowest BCUT2D eigenvalue weighted by molar-refractivity contribution is -0.156. The van der Waals surface area contributed by atoms with Crippen molar-refractivity contribution in [2.45, 2.75) is 51.2 Å². The number of nitrogens with two attached hydrogens (primary N) is 1. The highest BCUT2D eigenvalue weighted by atomic mass is 16.6. The van der Waals surface area contributed by atoms with Crippen molar-refractivity contribution in [3.63, 3.8) is 0 Å². The molecule has 0 bridgehead atoms. The number of carboxylic acids is 2. The Hall–Kier alpha value is -1.75. The van der Waals surface area contributed by atoms with Gasteiger partial charge in [-0.2, -0.15) is 0 Å². The smallest absolute Gasteiger partial charge is 0.308 e. The summed E-state index contributed by atoms with van der Waals surface area (Å²) in [5, 5.41) is 17.2. The van der Waals surface area contributed by atoms with Gasteiger partial charge in [0.1, 0.15) is 5.60 Å². The van der Waals surface area contributed by atoms with Crippen molar-refractivity contribution in [2.75, 3.05) is 39.6 Å². The summed E-state index contributed by atoms with van der Waals surface area (Å²) in [6.07, 6.45) is -0.294. The van der Waals surface area contributed by atoms with Crippen LogP contribution in [-0.2, 0) is 33.3 Å². The van der Waals surface area contributed by atoms with E-state index in [1.807, 2.05) is 0 Å². The molecule has 0 fully saturated rings. The zero-order chi connectivity index (χ0) is 20.9. The third kappa shape index (κ3) is 16.2. The van der Waals surface area contributed by atoms with Crippen molar-refractivity contribution in [1.82, 2.24) is 0 Å². The Labute approximate surface area is 158 Å². The molecule has 4 N–H and O–H groups in total. The van der Waals surface area contributed by atoms with Gasteiger partial charge in [-0.15, -0.1) is 0 Å². The molecule has 0 unspecified atom stereocenters. The van der Waals surface area contributed by atoms with Gasteiger partial charge in [0, 0.05) is 0 Å². The van der Waals surface area contributed by atoms with Gasteiger partial charge in [-0.05, 0) is 20.8 Å². The van der Waals surface area contributed by atoms with Gasteiger partial charge in [0.25, 0.3) is 0 Å². The Morgan fingerprint density at radius 3 is 1.48 bits per heavy atom. The lowest BCUT2D eigenvalue weighted by atomic mass is 10.1. The number of carbonyl (C=O) groups excluding carboxylic acids is 1. The molecule has 0 aliphatic heterocycles. The zero-order valence-corrected chi connectivity index (χ0v) is 16.2. The fraction of sp³-hybridized carbons (Fsp3) is 0.824. The van der Waals surface area contributed by atoms with Crippen molar-refractivity contribution < 1.29 is 43.5 Å². The van der Waals surface area contributed by atoms with Crippen LogP contribution in [0.2, 0.25) is 0 Å². The van der Waals surface area contributed by atoms with Gasteiger partial charge in [0.15, 0.2) is 0 Å². The summed E-state index contributed by atoms with van der Waals surface area (Å²) >= 11 is 0. The van der Waals surface area contributed by atoms with Crippen LogP contribution in [0.15, 0.2) is 0 Å². The Morgan fingerprint density at radius 2 is 1.15 bits per heavy atom. The maximum atomic E-state index is 11.6. The second-order valence-electron chi connectivity index (χ2n) is 7.14. The molecule has 0 amide bonds. The van der Waals surface area contributed by atoms with E-state index < -0.39 is 29.0 Å². The summed E-state index contributed by atoms with van der Waals surface area (Å²) in [7, 11) is 0. The van der Waals surface area contributed by atoms with Gasteiger partial charge in [0.2, 0.25) is 0 Å². The molecular formula is C17H31NO9. The Bertz CT molecular complexity index is 452. The molecule has 0 radical (unpaired) electrons. The highest BCUT2D eigenvalue weighted by molar-refractivity contribution is 5.69. The lowest BCUT2D eigenvalue weighted by Crippen LogP contribution is -2.53. The Balaban J connectivity index is 4.35. The first kappa shape index (κ1) is 25.2. The summed E-state index contributed by atoms with van der Waals surface area (Å²) in [4.78, 5) is 32.7. The van der Waals surface area contributed by atoms with Gasteiger partial charge < -0.3 is 34.9 Å². The van der Waals surface area contributed by atoms with Crippen molar-refractivity contribution in [3.05, 3.63) is 0 Å². The first-order valence-corrected chi connectivity index (χ1v) is 8.61. The molecule has 0 aromatic heterocycles. The molecule has 158 valence electrons. The molecule has 10 nitrogen and oxygen atoms in total. The number of esters is 1. The molecule has 27 heavy (non-hydrogen) atoms. The van der Waals surface area contributed by atoms with Gasteiger partial charge >= 0.3 is 17.9 Å². The van der Waals surface area contributed by atoms with Crippen LogP contribution in [0, 0.1) is 0 Å². The summed E-state index contributed by atoms with van der Waals surface area (Å²) in [6, 6.07) is 0. The summed E-state index contributed by atoms with van der Waals surface area (Å²) in [6.45, 7) is 5.22. The fourth-order valence-corrected chi connectivity index (χ4v) is 1.82. The van der Waals surface area contributed by atoms with Gasteiger partial charge in [0.05, 0.1) is 64.4 Å². The molecule has 10 heteroatoms. The number of aliphatic carboxylic acids is 2. The lowest BCUT2D eigenvalue weighted by Gasteiger charge is -2.29. The first-order valence-electron chi connectivity index (χ1n) is 8.61. The second kappa shape index (κ2) is 12.6. The van der Waals surface area contributed by atoms with Crippen LogP contribution in [0.25, 0.3) is 0 Å². The molecular weight excluding hydrogens is 362 g/mol. The largest absolute Gasteiger partial charge is 0.481 e. The highest BCUT2D eigenvalue weighted by Crippen LogP contribution is 2.09. The molecule has 0 atom stereocenters. The number of hydrogen-bond donors (Lipinski definition) is 3. The minimum absolute atomic E-state index is 0.0179. The topological polar surface area (TPSA) is 155 Å². The molecule has 0 aliphatic rings. The molecule has 0 aromatic rings. The summed E-state index contributed by atoms with van der Waals surface area (Å²) in [5.41, 5.74) is 4.48. The normalized spacial score (nSPS) is 12.0. The maximum Gasteiger partial charge on any atom is 0.308 e. The summed E-state index contributed by atoms with van der Waals surface area (Å²) < 4.78 is 21.1. The van der Waals surface area contributed by atoms with E-state index in [0.717, 1.165) is 0 Å². The molecule has 0 aliphatic carbocycles. The van der Waals surface area contributed by atoms with Crippen LogP contribution in [-0.4, -0.2) is 78.9 Å². The average molecular weight is 393 g/mol. The van der Waals surface area contributed by atoms with Crippen molar-refractivity contribution in [2.24, 2.45) is 5.73 Å². The minimum atomic E-state index is -1.11. The maximum absolute atomic E-state index is 11.6. The van der Waals surface area contributed by atoms with Crippen molar-refractivity contribution >= 4 is 17.9 Å². The molecule has 0 aromatic carbocycles. The second-order valence-corrected chi connectivity index (χ2v) is 7.14. The standard InChI is InChI=1S/C17H31NO9/c1-16(2,3)27-15(23)6-9-26-12-17(18,10-24-7-4-13(19)20)11-25-8-5-14(21)22/h4-12,18H2,1-3H3,(H,19,20)(H,21,22). The number of carbonyl (C=O) groups is 3. The van der Waals surface area contributed by atoms with Crippen LogP contribution in [0.1, 0.15) is 40.0 Å². The monoisotopic (exact) mass is 393 g/mol. The Kier molecular flexibility index (Phi) is 11.8. The van der Waals surface area contributed by atoms with E-state index in [2.05, 4.69) is 0 Å². The molecule has 0 saturated carbocycles. The third-order valence-electron chi connectivity index (χ3n) is 2.96. The van der Waals surface area contributed by atoms with Crippen LogP contribution >= 0.6 is 0 Å². The number of rotatable bonds is 15. The van der Waals surface area contributed by atoms with E-state index in [1.165, 1.54) is 0 Å². The van der Waals surface area contributed by atoms with Crippen molar-refractivity contribution in [1.29, 1.82) is 0 Å². The highest BCUT2D eigenvalue weighted by Gasteiger charge is 2.27. The van der Waals surface area contributed by atoms with Gasteiger partial charge in [-0.3, -0.25) is 14.4 Å². The SMILES string of the molecule is CC(C)(C)OC(=O)CCOCC(N)(COCCC(=O)O)COCCC(=O)O. The third-order valence-corrected chi connectivity index (χ3v) is 2.96. The minimum Gasteiger partial charge on any atom is -0.481 e. The van der Waals surface area contributed by atoms with E-state index in [1.54, 1.807) is 20.8 Å². The van der Waals surface area contributed by atoms with Crippen LogP contribution in [0.3, 0.4) is 0 Å². The molecule has 0 spiro atoms. The van der Waals surface area contributed by atoms with E-state index >= 15 is 0 Å². The van der Waals surface area contributed by atoms with E-state index in [9.17, 15) is 14.4 Å². The van der Waals surface area contributed by atoms with Crippen LogP contribution in [0.4, 0.5) is 0 Å². The van der Waals surface area contributed by atoms with Gasteiger partial charge in [-0.25, -0.2) is 0 Å². The number of ether oxygens (including phenoxy) is 4. The average Bonchev–Trinajstić information content (AvgIpc) is 2.51. The molecule has 0 heterocycles. The summed E-state index contributed by atoms with van der Waals surface area (Å²) in [5.74, 6) is -2.39. The Morgan fingerprint density at radius 1 is 0.778 bits per heavy atom. The van der Waals surface area contributed by atoms with Gasteiger partial charge in [-0.1, -0.05) is 0 Å². The number of carboxylic acid groups (broad SMARTS) is 2. The van der Waals surface area contributed by atoms with Crippen LogP contribution < -0.4 is 5.73 Å². The quantitative estimate of drug-likeness (QED) is 0.263.